The molecule has 0 amide bonds. The molecule has 0 spiro atoms. The van der Waals surface area contributed by atoms with Crippen molar-refractivity contribution in [1.82, 2.24) is 9.29 Å². The number of aryl methyl sites for hydroxylation is 1. The highest BCUT2D eigenvalue weighted by molar-refractivity contribution is 7.89. The molecule has 130 valence electrons. The molecule has 1 fully saturated rings. The molecule has 2 heterocycles. The van der Waals surface area contributed by atoms with Crippen molar-refractivity contribution >= 4 is 26.7 Å². The van der Waals surface area contributed by atoms with Gasteiger partial charge in [-0.2, -0.15) is 4.31 Å². The molecule has 1 aliphatic heterocycles. The summed E-state index contributed by atoms with van der Waals surface area (Å²) in [6.45, 7) is 6.58. The van der Waals surface area contributed by atoms with Crippen molar-refractivity contribution in [2.24, 2.45) is 0 Å². The van der Waals surface area contributed by atoms with Crippen LogP contribution in [0.15, 0.2) is 30.3 Å². The summed E-state index contributed by atoms with van der Waals surface area (Å²) in [4.78, 5) is 6.94. The lowest BCUT2D eigenvalue weighted by molar-refractivity contribution is 0.383. The van der Waals surface area contributed by atoms with Gasteiger partial charge in [-0.1, -0.05) is 31.5 Å². The van der Waals surface area contributed by atoms with Crippen LogP contribution >= 0.6 is 0 Å². The molecule has 1 saturated heterocycles. The van der Waals surface area contributed by atoms with Gasteiger partial charge < -0.3 is 4.90 Å². The van der Waals surface area contributed by atoms with Gasteiger partial charge in [-0.25, -0.2) is 13.4 Å². The molecule has 0 saturated carbocycles. The zero-order valence-corrected chi connectivity index (χ0v) is 15.2. The van der Waals surface area contributed by atoms with Gasteiger partial charge in [-0.15, -0.1) is 0 Å². The number of sulfonamides is 1. The fourth-order valence-electron chi connectivity index (χ4n) is 3.14. The Morgan fingerprint density at radius 1 is 1.12 bits per heavy atom. The maximum Gasteiger partial charge on any atom is 0.214 e. The number of fused-ring (bicyclic) bond motifs is 1. The van der Waals surface area contributed by atoms with Crippen molar-refractivity contribution in [3.05, 3.63) is 35.9 Å². The summed E-state index contributed by atoms with van der Waals surface area (Å²) in [6, 6.07) is 10.2. The Morgan fingerprint density at radius 3 is 2.54 bits per heavy atom. The molecule has 24 heavy (non-hydrogen) atoms. The van der Waals surface area contributed by atoms with Crippen LogP contribution < -0.4 is 4.90 Å². The molecule has 0 unspecified atom stereocenters. The zero-order chi connectivity index (χ0) is 17.2. The molecule has 5 nitrogen and oxygen atoms in total. The summed E-state index contributed by atoms with van der Waals surface area (Å²) >= 11 is 0. The number of nitrogens with zero attached hydrogens (tertiary/aromatic N) is 3. The minimum absolute atomic E-state index is 0.261. The maximum absolute atomic E-state index is 12.3. The summed E-state index contributed by atoms with van der Waals surface area (Å²) in [5, 5.41) is 1.17. The number of hydrogen-bond donors (Lipinski definition) is 0. The van der Waals surface area contributed by atoms with Crippen LogP contribution in [0.2, 0.25) is 0 Å². The molecule has 2 aromatic rings. The van der Waals surface area contributed by atoms with Gasteiger partial charge in [0, 0.05) is 31.6 Å². The number of benzene rings is 1. The van der Waals surface area contributed by atoms with E-state index in [0.29, 0.717) is 26.2 Å². The number of piperazine rings is 1. The van der Waals surface area contributed by atoms with Gasteiger partial charge in [0.05, 0.1) is 11.3 Å². The monoisotopic (exact) mass is 347 g/mol. The number of hydrogen-bond acceptors (Lipinski definition) is 4. The average Bonchev–Trinajstić information content (AvgIpc) is 2.60. The zero-order valence-electron chi connectivity index (χ0n) is 14.4. The lowest BCUT2D eigenvalue weighted by atomic mass is 10.1. The Morgan fingerprint density at radius 2 is 1.83 bits per heavy atom. The number of unbranched alkanes of at least 4 members (excludes halogenated alkanes) is 1. The number of para-hydroxylation sites is 1. The summed E-state index contributed by atoms with van der Waals surface area (Å²) in [6.07, 6.45) is 1.63. The Kier molecular flexibility index (Phi) is 5.06. The second-order valence-electron chi connectivity index (χ2n) is 6.37. The SMILES string of the molecule is CCCCS(=O)(=O)N1CCN(c2cc(C)c3ccccc3n2)CC1. The van der Waals surface area contributed by atoms with Crippen LogP contribution in [0.5, 0.6) is 0 Å². The van der Waals surface area contributed by atoms with Gasteiger partial charge in [0.25, 0.3) is 0 Å². The highest BCUT2D eigenvalue weighted by atomic mass is 32.2. The van der Waals surface area contributed by atoms with E-state index in [4.69, 9.17) is 4.98 Å². The van der Waals surface area contributed by atoms with Gasteiger partial charge >= 0.3 is 0 Å². The lowest BCUT2D eigenvalue weighted by Gasteiger charge is -2.35. The Labute approximate surface area is 144 Å². The van der Waals surface area contributed by atoms with Crippen LogP contribution in [0.1, 0.15) is 25.3 Å². The van der Waals surface area contributed by atoms with E-state index in [-0.39, 0.29) is 5.75 Å². The first-order valence-electron chi connectivity index (χ1n) is 8.60. The van der Waals surface area contributed by atoms with Crippen molar-refractivity contribution in [2.45, 2.75) is 26.7 Å². The topological polar surface area (TPSA) is 53.5 Å². The summed E-state index contributed by atoms with van der Waals surface area (Å²) in [7, 11) is -3.11. The van der Waals surface area contributed by atoms with Crippen LogP contribution in [0.25, 0.3) is 10.9 Å². The van der Waals surface area contributed by atoms with E-state index >= 15 is 0 Å². The first-order chi connectivity index (χ1) is 11.5. The largest absolute Gasteiger partial charge is 0.354 e. The van der Waals surface area contributed by atoms with E-state index in [1.165, 1.54) is 10.9 Å². The van der Waals surface area contributed by atoms with Crippen molar-refractivity contribution in [3.8, 4) is 0 Å². The summed E-state index contributed by atoms with van der Waals surface area (Å²) in [5.74, 6) is 1.20. The number of pyridine rings is 1. The van der Waals surface area contributed by atoms with Crippen LogP contribution in [-0.4, -0.2) is 49.6 Å². The second-order valence-corrected chi connectivity index (χ2v) is 8.46. The Bertz CT molecular complexity index is 812. The van der Waals surface area contributed by atoms with E-state index in [0.717, 1.165) is 24.2 Å². The molecule has 0 radical (unpaired) electrons. The third-order valence-corrected chi connectivity index (χ3v) is 6.58. The number of anilines is 1. The highest BCUT2D eigenvalue weighted by Gasteiger charge is 2.27. The molecule has 0 bridgehead atoms. The molecule has 0 atom stereocenters. The smallest absolute Gasteiger partial charge is 0.214 e. The third-order valence-electron chi connectivity index (χ3n) is 4.62. The van der Waals surface area contributed by atoms with Crippen molar-refractivity contribution < 1.29 is 8.42 Å². The molecular weight excluding hydrogens is 322 g/mol. The first kappa shape index (κ1) is 17.2. The molecule has 3 rings (SSSR count). The van der Waals surface area contributed by atoms with Crippen LogP contribution in [0.4, 0.5) is 5.82 Å². The second kappa shape index (κ2) is 7.07. The normalized spacial score (nSPS) is 16.7. The minimum Gasteiger partial charge on any atom is -0.354 e. The van der Waals surface area contributed by atoms with Crippen molar-refractivity contribution in [2.75, 3.05) is 36.8 Å². The first-order valence-corrected chi connectivity index (χ1v) is 10.2. The van der Waals surface area contributed by atoms with Crippen LogP contribution in [-0.2, 0) is 10.0 Å². The van der Waals surface area contributed by atoms with Gasteiger partial charge in [-0.05, 0) is 31.0 Å². The summed E-state index contributed by atoms with van der Waals surface area (Å²) in [5.41, 5.74) is 2.19. The van der Waals surface area contributed by atoms with Crippen molar-refractivity contribution in [1.29, 1.82) is 0 Å². The minimum atomic E-state index is -3.11. The van der Waals surface area contributed by atoms with E-state index in [9.17, 15) is 8.42 Å². The fraction of sp³-hybridized carbons (Fsp3) is 0.500. The van der Waals surface area contributed by atoms with Crippen molar-refractivity contribution in [3.63, 3.8) is 0 Å². The average molecular weight is 347 g/mol. The summed E-state index contributed by atoms with van der Waals surface area (Å²) < 4.78 is 26.2. The molecule has 0 N–H and O–H groups in total. The Balaban J connectivity index is 1.73. The van der Waals surface area contributed by atoms with Crippen LogP contribution in [0.3, 0.4) is 0 Å². The van der Waals surface area contributed by atoms with Gasteiger partial charge in [0.15, 0.2) is 0 Å². The Hall–Kier alpha value is -1.66. The van der Waals surface area contributed by atoms with Gasteiger partial charge in [-0.3, -0.25) is 0 Å². The van der Waals surface area contributed by atoms with E-state index in [1.807, 2.05) is 25.1 Å². The molecule has 1 aliphatic rings. The van der Waals surface area contributed by atoms with Gasteiger partial charge in [0.2, 0.25) is 10.0 Å². The third kappa shape index (κ3) is 3.54. The van der Waals surface area contributed by atoms with Gasteiger partial charge in [0.1, 0.15) is 5.82 Å². The number of aromatic nitrogens is 1. The van der Waals surface area contributed by atoms with E-state index < -0.39 is 10.0 Å². The maximum atomic E-state index is 12.3. The predicted molar refractivity (Wildman–Crippen MR) is 99.0 cm³/mol. The fourth-order valence-corrected chi connectivity index (χ4v) is 4.78. The molecule has 0 aliphatic carbocycles. The quantitative estimate of drug-likeness (QED) is 0.834. The highest BCUT2D eigenvalue weighted by Crippen LogP contribution is 2.23. The van der Waals surface area contributed by atoms with E-state index in [1.54, 1.807) is 4.31 Å². The number of rotatable bonds is 5. The lowest BCUT2D eigenvalue weighted by Crippen LogP contribution is -2.49. The predicted octanol–water partition coefficient (Wildman–Crippen LogP) is 2.80. The van der Waals surface area contributed by atoms with Crippen LogP contribution in [0, 0.1) is 6.92 Å². The van der Waals surface area contributed by atoms with E-state index in [2.05, 4.69) is 24.0 Å². The molecule has 6 heteroatoms. The molecule has 1 aromatic carbocycles. The molecule has 1 aromatic heterocycles. The molecular formula is C18H25N3O2S. The standard InChI is InChI=1S/C18H25N3O2S/c1-3-4-13-24(22,23)21-11-9-20(10-12-21)18-14-15(2)16-7-5-6-8-17(16)19-18/h5-8,14H,3-4,9-13H2,1-2H3.